The van der Waals surface area contributed by atoms with Crippen LogP contribution in [0, 0.1) is 12.8 Å². The van der Waals surface area contributed by atoms with Gasteiger partial charge in [0, 0.05) is 35.3 Å². The maximum atomic E-state index is 12.9. The standard InChI is InChI=1S/C21H25ClN2O3S2/c1-16-4-10-20(11-5-16)29(26,27)24-13-2-3-17(15-24)21(25)23-12-14-28-19-8-6-18(22)7-9-19/h4-11,17H,2-3,12-15H2,1H3,(H,23,25). The summed E-state index contributed by atoms with van der Waals surface area (Å²) in [4.78, 5) is 13.9. The van der Waals surface area contributed by atoms with E-state index in [1.807, 2.05) is 31.2 Å². The molecule has 0 saturated carbocycles. The number of aryl methyl sites for hydroxylation is 1. The first kappa shape index (κ1) is 22.2. The van der Waals surface area contributed by atoms with Crippen LogP contribution in [0.4, 0.5) is 0 Å². The molecule has 3 rings (SSSR count). The van der Waals surface area contributed by atoms with Crippen molar-refractivity contribution in [2.24, 2.45) is 5.92 Å². The largest absolute Gasteiger partial charge is 0.355 e. The number of nitrogens with zero attached hydrogens (tertiary/aromatic N) is 1. The van der Waals surface area contributed by atoms with E-state index in [1.165, 1.54) is 4.31 Å². The van der Waals surface area contributed by atoms with Gasteiger partial charge in [-0.25, -0.2) is 8.42 Å². The summed E-state index contributed by atoms with van der Waals surface area (Å²) in [5.74, 6) is 0.348. The molecule has 29 heavy (non-hydrogen) atoms. The molecule has 0 radical (unpaired) electrons. The number of hydrogen-bond acceptors (Lipinski definition) is 4. The SMILES string of the molecule is Cc1ccc(S(=O)(=O)N2CCCC(C(=O)NCCSc3ccc(Cl)cc3)C2)cc1. The molecule has 1 unspecified atom stereocenters. The van der Waals surface area contributed by atoms with Crippen molar-refractivity contribution < 1.29 is 13.2 Å². The molecular weight excluding hydrogens is 428 g/mol. The first-order valence-corrected chi connectivity index (χ1v) is 12.4. The first-order chi connectivity index (χ1) is 13.9. The zero-order chi connectivity index (χ0) is 20.9. The average Bonchev–Trinajstić information content (AvgIpc) is 2.73. The van der Waals surface area contributed by atoms with Crippen LogP contribution in [0.5, 0.6) is 0 Å². The van der Waals surface area contributed by atoms with Gasteiger partial charge in [0.15, 0.2) is 0 Å². The molecule has 1 heterocycles. The van der Waals surface area contributed by atoms with Crippen LogP contribution in [0.1, 0.15) is 18.4 Å². The Kier molecular flexibility index (Phi) is 7.62. The Hall–Kier alpha value is -1.54. The van der Waals surface area contributed by atoms with Gasteiger partial charge in [-0.05, 0) is 56.2 Å². The number of sulfonamides is 1. The number of carbonyl (C=O) groups is 1. The number of benzene rings is 2. The van der Waals surface area contributed by atoms with Crippen molar-refractivity contribution in [3.05, 3.63) is 59.1 Å². The molecule has 2 aromatic rings. The molecule has 1 saturated heterocycles. The van der Waals surface area contributed by atoms with E-state index in [0.29, 0.717) is 31.0 Å². The average molecular weight is 453 g/mol. The van der Waals surface area contributed by atoms with Gasteiger partial charge in [0.25, 0.3) is 0 Å². The van der Waals surface area contributed by atoms with Crippen LogP contribution in [-0.4, -0.2) is 44.0 Å². The highest BCUT2D eigenvalue weighted by Crippen LogP contribution is 2.24. The highest BCUT2D eigenvalue weighted by Gasteiger charge is 2.33. The van der Waals surface area contributed by atoms with Gasteiger partial charge in [0.05, 0.1) is 10.8 Å². The fraction of sp³-hybridized carbons (Fsp3) is 0.381. The summed E-state index contributed by atoms with van der Waals surface area (Å²) in [6, 6.07) is 14.4. The van der Waals surface area contributed by atoms with Gasteiger partial charge in [-0.15, -0.1) is 11.8 Å². The zero-order valence-electron chi connectivity index (χ0n) is 16.3. The van der Waals surface area contributed by atoms with Crippen molar-refractivity contribution in [1.82, 2.24) is 9.62 Å². The predicted octanol–water partition coefficient (Wildman–Crippen LogP) is 3.96. The van der Waals surface area contributed by atoms with Crippen LogP contribution in [0.25, 0.3) is 0 Å². The Labute approximate surface area is 181 Å². The Bertz CT molecular complexity index is 931. The number of halogens is 1. The summed E-state index contributed by atoms with van der Waals surface area (Å²) in [7, 11) is -3.57. The van der Waals surface area contributed by atoms with E-state index in [9.17, 15) is 13.2 Å². The topological polar surface area (TPSA) is 66.5 Å². The lowest BCUT2D eigenvalue weighted by molar-refractivity contribution is -0.125. The van der Waals surface area contributed by atoms with E-state index in [4.69, 9.17) is 11.6 Å². The zero-order valence-corrected chi connectivity index (χ0v) is 18.7. The maximum Gasteiger partial charge on any atom is 0.243 e. The number of amides is 1. The third-order valence-corrected chi connectivity index (χ3v) is 8.04. The van der Waals surface area contributed by atoms with E-state index in [0.717, 1.165) is 16.2 Å². The fourth-order valence-corrected chi connectivity index (χ4v) is 5.67. The molecule has 0 aromatic heterocycles. The molecular formula is C21H25ClN2O3S2. The lowest BCUT2D eigenvalue weighted by Crippen LogP contribution is -2.45. The molecule has 1 fully saturated rings. The highest BCUT2D eigenvalue weighted by atomic mass is 35.5. The third kappa shape index (κ3) is 5.98. The quantitative estimate of drug-likeness (QED) is 0.510. The van der Waals surface area contributed by atoms with Gasteiger partial charge in [-0.1, -0.05) is 29.3 Å². The minimum atomic E-state index is -3.57. The molecule has 1 N–H and O–H groups in total. The second-order valence-corrected chi connectivity index (χ2v) is 10.7. The van der Waals surface area contributed by atoms with Crippen molar-refractivity contribution in [3.63, 3.8) is 0 Å². The molecule has 1 aliphatic rings. The second-order valence-electron chi connectivity index (χ2n) is 7.11. The molecule has 1 aliphatic heterocycles. The molecule has 8 heteroatoms. The Morgan fingerprint density at radius 1 is 1.17 bits per heavy atom. The van der Waals surface area contributed by atoms with Crippen molar-refractivity contribution in [1.29, 1.82) is 0 Å². The van der Waals surface area contributed by atoms with Crippen LogP contribution in [0.3, 0.4) is 0 Å². The number of piperidine rings is 1. The van der Waals surface area contributed by atoms with Gasteiger partial charge in [-0.2, -0.15) is 4.31 Å². The molecule has 1 amide bonds. The molecule has 0 bridgehead atoms. The van der Waals surface area contributed by atoms with Crippen molar-refractivity contribution in [2.45, 2.75) is 29.6 Å². The molecule has 0 spiro atoms. The van der Waals surface area contributed by atoms with Crippen LogP contribution in [-0.2, 0) is 14.8 Å². The minimum absolute atomic E-state index is 0.0782. The van der Waals surface area contributed by atoms with Crippen molar-refractivity contribution in [3.8, 4) is 0 Å². The highest BCUT2D eigenvalue weighted by molar-refractivity contribution is 7.99. The van der Waals surface area contributed by atoms with Gasteiger partial charge >= 0.3 is 0 Å². The van der Waals surface area contributed by atoms with Crippen LogP contribution in [0.15, 0.2) is 58.3 Å². The molecule has 5 nitrogen and oxygen atoms in total. The first-order valence-electron chi connectivity index (χ1n) is 9.59. The molecule has 2 aromatic carbocycles. The number of rotatable bonds is 7. The second kappa shape index (κ2) is 9.98. The summed E-state index contributed by atoms with van der Waals surface area (Å²) >= 11 is 7.52. The van der Waals surface area contributed by atoms with Gasteiger partial charge in [-0.3, -0.25) is 4.79 Å². The minimum Gasteiger partial charge on any atom is -0.355 e. The summed E-state index contributed by atoms with van der Waals surface area (Å²) in [5.41, 5.74) is 1.01. The third-order valence-electron chi connectivity index (χ3n) is 4.90. The molecule has 0 aliphatic carbocycles. The monoisotopic (exact) mass is 452 g/mol. The fourth-order valence-electron chi connectivity index (χ4n) is 3.25. The number of nitrogens with one attached hydrogen (secondary N) is 1. The Morgan fingerprint density at radius 3 is 2.55 bits per heavy atom. The Morgan fingerprint density at radius 2 is 1.86 bits per heavy atom. The maximum absolute atomic E-state index is 12.9. The van der Waals surface area contributed by atoms with Crippen LogP contribution < -0.4 is 5.32 Å². The summed E-state index contributed by atoms with van der Waals surface area (Å²) in [6.45, 7) is 3.13. The molecule has 156 valence electrons. The van der Waals surface area contributed by atoms with E-state index in [-0.39, 0.29) is 23.3 Å². The lowest BCUT2D eigenvalue weighted by atomic mass is 9.99. The summed E-state index contributed by atoms with van der Waals surface area (Å²) in [5, 5.41) is 3.65. The number of thioether (sulfide) groups is 1. The smallest absolute Gasteiger partial charge is 0.243 e. The van der Waals surface area contributed by atoms with Crippen LogP contribution in [0.2, 0.25) is 5.02 Å². The van der Waals surface area contributed by atoms with E-state index >= 15 is 0 Å². The van der Waals surface area contributed by atoms with E-state index in [1.54, 1.807) is 36.0 Å². The van der Waals surface area contributed by atoms with Gasteiger partial charge in [0.2, 0.25) is 15.9 Å². The molecule has 1 atom stereocenters. The summed E-state index contributed by atoms with van der Waals surface area (Å²) in [6.07, 6.45) is 1.39. The van der Waals surface area contributed by atoms with E-state index in [2.05, 4.69) is 5.32 Å². The normalized spacial score (nSPS) is 17.8. The summed E-state index contributed by atoms with van der Waals surface area (Å²) < 4.78 is 27.2. The van der Waals surface area contributed by atoms with E-state index < -0.39 is 10.0 Å². The predicted molar refractivity (Wildman–Crippen MR) is 118 cm³/mol. The van der Waals surface area contributed by atoms with Gasteiger partial charge < -0.3 is 5.32 Å². The Balaban J connectivity index is 1.51. The number of hydrogen-bond donors (Lipinski definition) is 1. The van der Waals surface area contributed by atoms with Crippen molar-refractivity contribution in [2.75, 3.05) is 25.4 Å². The lowest BCUT2D eigenvalue weighted by Gasteiger charge is -2.31. The van der Waals surface area contributed by atoms with Crippen LogP contribution >= 0.6 is 23.4 Å². The van der Waals surface area contributed by atoms with Crippen molar-refractivity contribution >= 4 is 39.3 Å². The van der Waals surface area contributed by atoms with Gasteiger partial charge in [0.1, 0.15) is 0 Å². The number of carbonyl (C=O) groups excluding carboxylic acids is 1.